The van der Waals surface area contributed by atoms with Gasteiger partial charge in [0.05, 0.1) is 6.42 Å². The first kappa shape index (κ1) is 17.9. The van der Waals surface area contributed by atoms with Crippen LogP contribution in [-0.4, -0.2) is 23.0 Å². The van der Waals surface area contributed by atoms with Crippen molar-refractivity contribution in [2.45, 2.75) is 18.9 Å². The third-order valence-corrected chi connectivity index (χ3v) is 3.73. The van der Waals surface area contributed by atoms with Gasteiger partial charge in [-0.05, 0) is 29.3 Å². The van der Waals surface area contributed by atoms with Gasteiger partial charge in [-0.2, -0.15) is 0 Å². The van der Waals surface area contributed by atoms with Crippen molar-refractivity contribution in [1.29, 1.82) is 0 Å². The summed E-state index contributed by atoms with van der Waals surface area (Å²) in [6, 6.07) is 8.62. The molecule has 0 spiro atoms. The van der Waals surface area contributed by atoms with Crippen LogP contribution in [0.3, 0.4) is 0 Å². The summed E-state index contributed by atoms with van der Waals surface area (Å²) in [6.45, 7) is 0. The fourth-order valence-electron chi connectivity index (χ4n) is 2.16. The van der Waals surface area contributed by atoms with Crippen molar-refractivity contribution in [1.82, 2.24) is 5.32 Å². The summed E-state index contributed by atoms with van der Waals surface area (Å²) in [5, 5.41) is 12.0. The van der Waals surface area contributed by atoms with Gasteiger partial charge in [-0.25, -0.2) is 13.6 Å². The van der Waals surface area contributed by atoms with Gasteiger partial charge in [0.15, 0.2) is 11.6 Å². The molecule has 0 radical (unpaired) electrons. The molecular formula is C17H14ClF2NO3. The molecule has 7 heteroatoms. The number of amides is 1. The molecule has 0 aliphatic carbocycles. The molecule has 2 aromatic carbocycles. The summed E-state index contributed by atoms with van der Waals surface area (Å²) in [7, 11) is 0. The summed E-state index contributed by atoms with van der Waals surface area (Å²) in [5.74, 6) is -3.90. The highest BCUT2D eigenvalue weighted by atomic mass is 35.5. The first-order valence-electron chi connectivity index (χ1n) is 7.06. The van der Waals surface area contributed by atoms with E-state index in [2.05, 4.69) is 5.32 Å². The third kappa shape index (κ3) is 4.76. The van der Waals surface area contributed by atoms with Gasteiger partial charge in [-0.3, -0.25) is 4.79 Å². The maximum absolute atomic E-state index is 13.1. The molecule has 0 unspecified atom stereocenters. The van der Waals surface area contributed by atoms with E-state index in [1.54, 1.807) is 24.3 Å². The Bertz CT molecular complexity index is 767. The predicted octanol–water partition coefficient (Wildman–Crippen LogP) is 2.97. The van der Waals surface area contributed by atoms with E-state index in [-0.39, 0.29) is 18.4 Å². The molecule has 2 rings (SSSR count). The van der Waals surface area contributed by atoms with Crippen LogP contribution in [0.4, 0.5) is 8.78 Å². The number of rotatable bonds is 6. The van der Waals surface area contributed by atoms with Crippen molar-refractivity contribution in [3.63, 3.8) is 0 Å². The van der Waals surface area contributed by atoms with Crippen LogP contribution in [-0.2, 0) is 22.4 Å². The van der Waals surface area contributed by atoms with Crippen molar-refractivity contribution in [3.8, 4) is 0 Å². The number of nitrogens with one attached hydrogen (secondary N) is 1. The fraction of sp³-hybridized carbons (Fsp3) is 0.176. The Labute approximate surface area is 142 Å². The number of hydrogen-bond donors (Lipinski definition) is 2. The molecular weight excluding hydrogens is 340 g/mol. The smallest absolute Gasteiger partial charge is 0.326 e. The molecule has 2 aromatic rings. The van der Waals surface area contributed by atoms with Crippen molar-refractivity contribution < 1.29 is 23.5 Å². The number of aliphatic carboxylic acids is 1. The molecule has 24 heavy (non-hydrogen) atoms. The Kier molecular flexibility index (Phi) is 5.87. The van der Waals surface area contributed by atoms with E-state index in [0.29, 0.717) is 10.6 Å². The summed E-state index contributed by atoms with van der Waals surface area (Å²) in [4.78, 5) is 23.3. The molecule has 0 saturated heterocycles. The SMILES string of the molecule is O=C(Cc1ccc(F)c(F)c1)N[C@H](Cc1ccccc1Cl)C(=O)O. The van der Waals surface area contributed by atoms with E-state index in [0.717, 1.165) is 12.1 Å². The first-order valence-corrected chi connectivity index (χ1v) is 7.44. The van der Waals surface area contributed by atoms with E-state index < -0.39 is 29.6 Å². The number of benzene rings is 2. The lowest BCUT2D eigenvalue weighted by Crippen LogP contribution is -2.43. The van der Waals surface area contributed by atoms with Crippen LogP contribution < -0.4 is 5.32 Å². The molecule has 0 saturated carbocycles. The molecule has 0 heterocycles. The number of carbonyl (C=O) groups is 2. The maximum atomic E-state index is 13.1. The van der Waals surface area contributed by atoms with Crippen molar-refractivity contribution in [2.75, 3.05) is 0 Å². The number of halogens is 3. The van der Waals surface area contributed by atoms with Crippen LogP contribution in [0.5, 0.6) is 0 Å². The summed E-state index contributed by atoms with van der Waals surface area (Å²) in [5.41, 5.74) is 0.827. The lowest BCUT2D eigenvalue weighted by Gasteiger charge is -2.15. The molecule has 0 aromatic heterocycles. The zero-order valence-corrected chi connectivity index (χ0v) is 13.2. The molecule has 0 bridgehead atoms. The zero-order valence-electron chi connectivity index (χ0n) is 12.4. The topological polar surface area (TPSA) is 66.4 Å². The van der Waals surface area contributed by atoms with Gasteiger partial charge >= 0.3 is 5.97 Å². The van der Waals surface area contributed by atoms with Crippen LogP contribution in [0.25, 0.3) is 0 Å². The summed E-state index contributed by atoms with van der Waals surface area (Å²) in [6.07, 6.45) is -0.248. The van der Waals surface area contributed by atoms with E-state index in [4.69, 9.17) is 11.6 Å². The summed E-state index contributed by atoms with van der Waals surface area (Å²) < 4.78 is 26.0. The summed E-state index contributed by atoms with van der Waals surface area (Å²) >= 11 is 5.99. The Morgan fingerprint density at radius 2 is 1.83 bits per heavy atom. The highest BCUT2D eigenvalue weighted by Gasteiger charge is 2.21. The number of carboxylic acids is 1. The third-order valence-electron chi connectivity index (χ3n) is 3.36. The Balaban J connectivity index is 2.04. The number of carbonyl (C=O) groups excluding carboxylic acids is 1. The van der Waals surface area contributed by atoms with E-state index >= 15 is 0 Å². The minimum absolute atomic E-state index is 0.0124. The second kappa shape index (κ2) is 7.88. The molecule has 1 amide bonds. The molecule has 4 nitrogen and oxygen atoms in total. The molecule has 0 aliphatic heterocycles. The van der Waals surface area contributed by atoms with Crippen LogP contribution in [0.2, 0.25) is 5.02 Å². The zero-order chi connectivity index (χ0) is 17.7. The van der Waals surface area contributed by atoms with Crippen LogP contribution in [0.15, 0.2) is 42.5 Å². The van der Waals surface area contributed by atoms with E-state index in [1.807, 2.05) is 0 Å². The normalized spacial score (nSPS) is 11.8. The molecule has 0 aliphatic rings. The molecule has 1 atom stereocenters. The van der Waals surface area contributed by atoms with Crippen LogP contribution >= 0.6 is 11.6 Å². The Morgan fingerprint density at radius 1 is 1.12 bits per heavy atom. The first-order chi connectivity index (χ1) is 11.4. The second-order valence-corrected chi connectivity index (χ2v) is 5.59. The van der Waals surface area contributed by atoms with Gasteiger partial charge in [0.2, 0.25) is 5.91 Å². The maximum Gasteiger partial charge on any atom is 0.326 e. The van der Waals surface area contributed by atoms with Crippen molar-refractivity contribution >= 4 is 23.5 Å². The van der Waals surface area contributed by atoms with Gasteiger partial charge in [0.1, 0.15) is 6.04 Å². The van der Waals surface area contributed by atoms with Crippen LogP contribution in [0, 0.1) is 11.6 Å². The minimum Gasteiger partial charge on any atom is -0.480 e. The van der Waals surface area contributed by atoms with Gasteiger partial charge in [0.25, 0.3) is 0 Å². The Hall–Kier alpha value is -2.47. The standard InChI is InChI=1S/C17H14ClF2NO3/c18-12-4-2-1-3-11(12)9-15(17(23)24)21-16(22)8-10-5-6-13(19)14(20)7-10/h1-7,15H,8-9H2,(H,21,22)(H,23,24)/t15-/m1/s1. The lowest BCUT2D eigenvalue weighted by atomic mass is 10.1. The highest BCUT2D eigenvalue weighted by molar-refractivity contribution is 6.31. The highest BCUT2D eigenvalue weighted by Crippen LogP contribution is 2.17. The average Bonchev–Trinajstić information content (AvgIpc) is 2.52. The number of carboxylic acid groups (broad SMARTS) is 1. The second-order valence-electron chi connectivity index (χ2n) is 5.18. The van der Waals surface area contributed by atoms with E-state index in [9.17, 15) is 23.5 Å². The molecule has 2 N–H and O–H groups in total. The van der Waals surface area contributed by atoms with E-state index in [1.165, 1.54) is 6.07 Å². The number of hydrogen-bond acceptors (Lipinski definition) is 2. The van der Waals surface area contributed by atoms with Gasteiger partial charge < -0.3 is 10.4 Å². The molecule has 126 valence electrons. The monoisotopic (exact) mass is 353 g/mol. The van der Waals surface area contributed by atoms with Crippen LogP contribution in [0.1, 0.15) is 11.1 Å². The lowest BCUT2D eigenvalue weighted by molar-refractivity contribution is -0.141. The Morgan fingerprint density at radius 3 is 2.46 bits per heavy atom. The van der Waals surface area contributed by atoms with Crippen molar-refractivity contribution in [2.24, 2.45) is 0 Å². The molecule has 0 fully saturated rings. The fourth-order valence-corrected chi connectivity index (χ4v) is 2.38. The minimum atomic E-state index is -1.21. The largest absolute Gasteiger partial charge is 0.480 e. The van der Waals surface area contributed by atoms with Gasteiger partial charge in [-0.15, -0.1) is 0 Å². The van der Waals surface area contributed by atoms with Crippen molar-refractivity contribution in [3.05, 3.63) is 70.2 Å². The van der Waals surface area contributed by atoms with Gasteiger partial charge in [-0.1, -0.05) is 35.9 Å². The van der Waals surface area contributed by atoms with Gasteiger partial charge in [0, 0.05) is 11.4 Å². The average molecular weight is 354 g/mol. The predicted molar refractivity (Wildman–Crippen MR) is 84.8 cm³/mol. The quantitative estimate of drug-likeness (QED) is 0.839.